The summed E-state index contributed by atoms with van der Waals surface area (Å²) in [4.78, 5) is 16.6. The van der Waals surface area contributed by atoms with Crippen molar-refractivity contribution < 1.29 is 4.79 Å². The zero-order valence-electron chi connectivity index (χ0n) is 9.24. The molecule has 0 unspecified atom stereocenters. The van der Waals surface area contributed by atoms with E-state index in [2.05, 4.69) is 15.6 Å². The lowest BCUT2D eigenvalue weighted by molar-refractivity contribution is -0.120. The molecule has 0 aliphatic heterocycles. The van der Waals surface area contributed by atoms with Gasteiger partial charge < -0.3 is 10.6 Å². The van der Waals surface area contributed by atoms with E-state index < -0.39 is 0 Å². The lowest BCUT2D eigenvalue weighted by Crippen LogP contribution is -2.37. The molecule has 1 amide bonds. The van der Waals surface area contributed by atoms with Crippen LogP contribution in [0.5, 0.6) is 0 Å². The first kappa shape index (κ1) is 11.5. The first-order chi connectivity index (χ1) is 7.84. The van der Waals surface area contributed by atoms with E-state index in [9.17, 15) is 4.79 Å². The van der Waals surface area contributed by atoms with Gasteiger partial charge in [0.2, 0.25) is 5.91 Å². The molecule has 0 atom stereocenters. The van der Waals surface area contributed by atoms with E-state index >= 15 is 0 Å². The first-order valence-electron chi connectivity index (χ1n) is 5.72. The average Bonchev–Trinajstić information content (AvgIpc) is 2.96. The molecular weight excluding hydrogens is 222 g/mol. The number of aromatic nitrogens is 1. The molecular formula is C11H17N3OS. The molecule has 88 valence electrons. The van der Waals surface area contributed by atoms with Crippen LogP contribution in [0.1, 0.15) is 30.6 Å². The summed E-state index contributed by atoms with van der Waals surface area (Å²) < 4.78 is 0. The van der Waals surface area contributed by atoms with Gasteiger partial charge in [0, 0.05) is 17.1 Å². The summed E-state index contributed by atoms with van der Waals surface area (Å²) in [5.41, 5.74) is 1.78. The van der Waals surface area contributed by atoms with Crippen LogP contribution in [0.25, 0.3) is 0 Å². The molecule has 0 bridgehead atoms. The Kier molecular flexibility index (Phi) is 4.30. The molecule has 0 radical (unpaired) electrons. The maximum atomic E-state index is 11.5. The van der Waals surface area contributed by atoms with Crippen molar-refractivity contribution in [2.75, 3.05) is 6.54 Å². The van der Waals surface area contributed by atoms with E-state index in [1.807, 2.05) is 0 Å². The van der Waals surface area contributed by atoms with Crippen LogP contribution in [0.15, 0.2) is 11.7 Å². The van der Waals surface area contributed by atoms with Gasteiger partial charge in [-0.3, -0.25) is 9.78 Å². The quantitative estimate of drug-likeness (QED) is 0.814. The van der Waals surface area contributed by atoms with Crippen molar-refractivity contribution in [3.8, 4) is 0 Å². The van der Waals surface area contributed by atoms with Crippen molar-refractivity contribution in [1.82, 2.24) is 15.6 Å². The summed E-state index contributed by atoms with van der Waals surface area (Å²) in [6.45, 7) is 1.03. The highest BCUT2D eigenvalue weighted by Gasteiger charge is 2.14. The third kappa shape index (κ3) is 3.57. The number of thiazole rings is 1. The largest absolute Gasteiger partial charge is 0.350 e. The average molecular weight is 239 g/mol. The van der Waals surface area contributed by atoms with E-state index in [0.29, 0.717) is 19.1 Å². The number of carbonyl (C=O) groups is 1. The van der Waals surface area contributed by atoms with E-state index in [-0.39, 0.29) is 5.91 Å². The van der Waals surface area contributed by atoms with Crippen LogP contribution in [-0.4, -0.2) is 23.5 Å². The molecule has 1 aromatic heterocycles. The van der Waals surface area contributed by atoms with Gasteiger partial charge in [0.15, 0.2) is 0 Å². The zero-order valence-corrected chi connectivity index (χ0v) is 10.1. The van der Waals surface area contributed by atoms with Gasteiger partial charge in [0.25, 0.3) is 0 Å². The Morgan fingerprint density at radius 2 is 2.31 bits per heavy atom. The van der Waals surface area contributed by atoms with Gasteiger partial charge in [-0.2, -0.15) is 0 Å². The monoisotopic (exact) mass is 239 g/mol. The van der Waals surface area contributed by atoms with Crippen LogP contribution < -0.4 is 10.6 Å². The molecule has 0 saturated heterocycles. The summed E-state index contributed by atoms with van der Waals surface area (Å²) in [6.07, 6.45) is 6.79. The fourth-order valence-electron chi connectivity index (χ4n) is 1.94. The molecule has 16 heavy (non-hydrogen) atoms. The maximum Gasteiger partial charge on any atom is 0.234 e. The van der Waals surface area contributed by atoms with Crippen LogP contribution >= 0.6 is 11.3 Å². The number of nitrogens with zero attached hydrogens (tertiary/aromatic N) is 1. The second kappa shape index (κ2) is 5.96. The summed E-state index contributed by atoms with van der Waals surface area (Å²) >= 11 is 1.56. The van der Waals surface area contributed by atoms with Crippen molar-refractivity contribution in [1.29, 1.82) is 0 Å². The molecule has 1 fully saturated rings. The predicted molar refractivity (Wildman–Crippen MR) is 64.2 cm³/mol. The lowest BCUT2D eigenvalue weighted by atomic mass is 10.2. The van der Waals surface area contributed by atoms with Crippen LogP contribution in [0.4, 0.5) is 0 Å². The molecule has 1 aromatic rings. The number of nitrogens with one attached hydrogen (secondary N) is 2. The lowest BCUT2D eigenvalue weighted by Gasteiger charge is -2.11. The van der Waals surface area contributed by atoms with Crippen molar-refractivity contribution in [3.05, 3.63) is 16.6 Å². The smallest absolute Gasteiger partial charge is 0.234 e. The molecule has 1 heterocycles. The summed E-state index contributed by atoms with van der Waals surface area (Å²) in [7, 11) is 0. The summed E-state index contributed by atoms with van der Waals surface area (Å²) in [5.74, 6) is 0.0697. The molecule has 1 aliphatic rings. The molecule has 2 N–H and O–H groups in total. The number of amides is 1. The minimum atomic E-state index is 0.0697. The number of hydrogen-bond donors (Lipinski definition) is 2. The minimum absolute atomic E-state index is 0.0697. The van der Waals surface area contributed by atoms with E-state index in [4.69, 9.17) is 0 Å². The van der Waals surface area contributed by atoms with E-state index in [0.717, 1.165) is 4.88 Å². The van der Waals surface area contributed by atoms with Crippen LogP contribution in [0.3, 0.4) is 0 Å². The maximum absolute atomic E-state index is 11.5. The minimum Gasteiger partial charge on any atom is -0.350 e. The van der Waals surface area contributed by atoms with Gasteiger partial charge in [0.1, 0.15) is 0 Å². The summed E-state index contributed by atoms with van der Waals surface area (Å²) in [5, 5.41) is 6.17. The van der Waals surface area contributed by atoms with Gasteiger partial charge >= 0.3 is 0 Å². The highest BCUT2D eigenvalue weighted by Crippen LogP contribution is 2.17. The van der Waals surface area contributed by atoms with Crippen molar-refractivity contribution in [3.63, 3.8) is 0 Å². The molecule has 0 spiro atoms. The number of hydrogen-bond acceptors (Lipinski definition) is 4. The van der Waals surface area contributed by atoms with Gasteiger partial charge in [0.05, 0.1) is 18.6 Å². The standard InChI is InChI=1S/C11H17N3OS/c15-11(7-13-9-3-1-2-4-9)14-6-10-5-12-8-16-10/h5,8-9,13H,1-4,6-7H2,(H,14,15). The van der Waals surface area contributed by atoms with Gasteiger partial charge in [-0.25, -0.2) is 0 Å². The fourth-order valence-corrected chi connectivity index (χ4v) is 2.48. The molecule has 4 nitrogen and oxygen atoms in total. The van der Waals surface area contributed by atoms with E-state index in [1.54, 1.807) is 23.0 Å². The second-order valence-corrected chi connectivity index (χ2v) is 5.08. The first-order valence-corrected chi connectivity index (χ1v) is 6.60. The number of rotatable bonds is 5. The fraction of sp³-hybridized carbons (Fsp3) is 0.636. The Labute approximate surface area is 99.5 Å². The third-order valence-electron chi connectivity index (χ3n) is 2.85. The molecule has 1 saturated carbocycles. The van der Waals surface area contributed by atoms with Crippen molar-refractivity contribution in [2.24, 2.45) is 0 Å². The van der Waals surface area contributed by atoms with Crippen molar-refractivity contribution >= 4 is 17.2 Å². The third-order valence-corrected chi connectivity index (χ3v) is 3.63. The van der Waals surface area contributed by atoms with Crippen LogP contribution in [0.2, 0.25) is 0 Å². The highest BCUT2D eigenvalue weighted by molar-refractivity contribution is 7.09. The van der Waals surface area contributed by atoms with Gasteiger partial charge in [-0.1, -0.05) is 12.8 Å². The normalized spacial score (nSPS) is 16.5. The van der Waals surface area contributed by atoms with E-state index in [1.165, 1.54) is 25.7 Å². The second-order valence-electron chi connectivity index (χ2n) is 4.11. The Morgan fingerprint density at radius 1 is 1.50 bits per heavy atom. The molecule has 2 rings (SSSR count). The SMILES string of the molecule is O=C(CNC1CCCC1)NCc1cncs1. The zero-order chi connectivity index (χ0) is 11.2. The Hall–Kier alpha value is -0.940. The molecule has 5 heteroatoms. The Morgan fingerprint density at radius 3 is 3.00 bits per heavy atom. The highest BCUT2D eigenvalue weighted by atomic mass is 32.1. The molecule has 0 aromatic carbocycles. The molecule has 1 aliphatic carbocycles. The summed E-state index contributed by atoms with van der Waals surface area (Å²) in [6, 6.07) is 0.550. The number of carbonyl (C=O) groups excluding carboxylic acids is 1. The predicted octanol–water partition coefficient (Wildman–Crippen LogP) is 1.29. The topological polar surface area (TPSA) is 54.0 Å². The van der Waals surface area contributed by atoms with Crippen molar-refractivity contribution in [2.45, 2.75) is 38.3 Å². The van der Waals surface area contributed by atoms with Gasteiger partial charge in [-0.15, -0.1) is 11.3 Å². The Bertz CT molecular complexity index is 320. The Balaban J connectivity index is 1.60. The van der Waals surface area contributed by atoms with Gasteiger partial charge in [-0.05, 0) is 12.8 Å². The van der Waals surface area contributed by atoms with Crippen LogP contribution in [0, 0.1) is 0 Å². The van der Waals surface area contributed by atoms with Crippen LogP contribution in [-0.2, 0) is 11.3 Å².